The minimum Gasteiger partial charge on any atom is -0.493 e. The van der Waals surface area contributed by atoms with Crippen LogP contribution >= 0.6 is 0 Å². The number of hydrogen-bond donors (Lipinski definition) is 2. The molecule has 134 valence electrons. The highest BCUT2D eigenvalue weighted by molar-refractivity contribution is 5.73. The summed E-state index contributed by atoms with van der Waals surface area (Å²) < 4.78 is 16.2. The Morgan fingerprint density at radius 2 is 1.75 bits per heavy atom. The second-order valence-corrected chi connectivity index (χ2v) is 6.17. The summed E-state index contributed by atoms with van der Waals surface area (Å²) in [7, 11) is 0. The van der Waals surface area contributed by atoms with Gasteiger partial charge in [0.25, 0.3) is 0 Å². The third-order valence-electron chi connectivity index (χ3n) is 2.68. The van der Waals surface area contributed by atoms with Crippen LogP contribution in [0.2, 0.25) is 0 Å². The molecule has 1 aromatic carbocycles. The van der Waals surface area contributed by atoms with Gasteiger partial charge in [-0.05, 0) is 39.3 Å². The van der Waals surface area contributed by atoms with Gasteiger partial charge in [0.1, 0.15) is 23.7 Å². The van der Waals surface area contributed by atoms with Gasteiger partial charge in [0.05, 0.1) is 13.2 Å². The lowest BCUT2D eigenvalue weighted by Crippen LogP contribution is -2.34. The van der Waals surface area contributed by atoms with Gasteiger partial charge in [-0.2, -0.15) is 0 Å². The first-order chi connectivity index (χ1) is 11.3. The van der Waals surface area contributed by atoms with E-state index in [0.717, 1.165) is 0 Å². The average molecular weight is 338 g/mol. The van der Waals surface area contributed by atoms with Crippen molar-refractivity contribution in [3.63, 3.8) is 0 Å². The number of primary amides is 1. The highest BCUT2D eigenvalue weighted by Crippen LogP contribution is 2.19. The molecule has 0 saturated carbocycles. The van der Waals surface area contributed by atoms with Gasteiger partial charge < -0.3 is 25.3 Å². The quantitative estimate of drug-likeness (QED) is 0.673. The van der Waals surface area contributed by atoms with Crippen LogP contribution in [-0.4, -0.2) is 37.4 Å². The third-order valence-corrected chi connectivity index (χ3v) is 2.68. The van der Waals surface area contributed by atoms with Crippen LogP contribution < -0.4 is 20.5 Å². The maximum absolute atomic E-state index is 11.5. The highest BCUT2D eigenvalue weighted by atomic mass is 16.6. The van der Waals surface area contributed by atoms with Gasteiger partial charge in [0.15, 0.2) is 0 Å². The molecule has 0 unspecified atom stereocenters. The topological polar surface area (TPSA) is 99.9 Å². The first-order valence-corrected chi connectivity index (χ1v) is 7.87. The Labute approximate surface area is 142 Å². The molecular formula is C17H26N2O5. The Morgan fingerprint density at radius 3 is 2.33 bits per heavy atom. The summed E-state index contributed by atoms with van der Waals surface area (Å²) in [6, 6.07) is 7.15. The smallest absolute Gasteiger partial charge is 0.407 e. The van der Waals surface area contributed by atoms with Crippen molar-refractivity contribution >= 4 is 12.0 Å². The lowest BCUT2D eigenvalue weighted by molar-refractivity contribution is -0.118. The molecule has 0 aliphatic heterocycles. The second kappa shape index (κ2) is 9.64. The molecule has 0 fully saturated rings. The monoisotopic (exact) mass is 338 g/mol. The molecule has 0 aliphatic carbocycles. The predicted molar refractivity (Wildman–Crippen MR) is 90.1 cm³/mol. The van der Waals surface area contributed by atoms with Crippen molar-refractivity contribution in [3.05, 3.63) is 24.3 Å². The molecule has 0 saturated heterocycles. The van der Waals surface area contributed by atoms with Crippen LogP contribution in [-0.2, 0) is 9.53 Å². The number of ether oxygens (including phenoxy) is 3. The molecule has 0 spiro atoms. The van der Waals surface area contributed by atoms with E-state index in [1.165, 1.54) is 0 Å². The molecule has 1 rings (SSSR count). The molecule has 3 N–H and O–H groups in total. The molecule has 2 amide bonds. The molecule has 0 aliphatic rings. The van der Waals surface area contributed by atoms with Crippen LogP contribution in [0.1, 0.15) is 33.6 Å². The number of benzene rings is 1. The van der Waals surface area contributed by atoms with Gasteiger partial charge in [-0.15, -0.1) is 0 Å². The molecule has 0 bridgehead atoms. The van der Waals surface area contributed by atoms with Crippen LogP contribution in [0, 0.1) is 0 Å². The molecule has 0 heterocycles. The van der Waals surface area contributed by atoms with Gasteiger partial charge in [-0.3, -0.25) is 4.79 Å². The molecule has 0 aromatic heterocycles. The lowest BCUT2D eigenvalue weighted by Gasteiger charge is -2.19. The standard InChI is InChI=1S/C17H26N2O5/c1-17(2,3)24-16(21)19-9-11-23-14-7-4-6-13(12-14)22-10-5-8-15(18)20/h4,6-7,12H,5,8-11H2,1-3H3,(H2,18,20)(H,19,21). The van der Waals surface area contributed by atoms with Crippen molar-refractivity contribution in [1.29, 1.82) is 0 Å². The molecular weight excluding hydrogens is 312 g/mol. The van der Waals surface area contributed by atoms with Crippen molar-refractivity contribution in [2.45, 2.75) is 39.2 Å². The largest absolute Gasteiger partial charge is 0.493 e. The van der Waals surface area contributed by atoms with E-state index in [1.54, 1.807) is 45.0 Å². The average Bonchev–Trinajstić information content (AvgIpc) is 2.47. The fraction of sp³-hybridized carbons (Fsp3) is 0.529. The van der Waals surface area contributed by atoms with Crippen LogP contribution in [0.4, 0.5) is 4.79 Å². The zero-order chi connectivity index (χ0) is 18.0. The van der Waals surface area contributed by atoms with Crippen molar-refractivity contribution in [3.8, 4) is 11.5 Å². The van der Waals surface area contributed by atoms with Crippen molar-refractivity contribution in [2.75, 3.05) is 19.8 Å². The molecule has 7 nitrogen and oxygen atoms in total. The molecule has 0 atom stereocenters. The summed E-state index contributed by atoms with van der Waals surface area (Å²) >= 11 is 0. The summed E-state index contributed by atoms with van der Waals surface area (Å²) in [5, 5.41) is 2.62. The number of rotatable bonds is 9. The summed E-state index contributed by atoms with van der Waals surface area (Å²) in [5.41, 5.74) is 4.54. The molecule has 7 heteroatoms. The van der Waals surface area contributed by atoms with Crippen molar-refractivity contribution in [2.24, 2.45) is 5.73 Å². The van der Waals surface area contributed by atoms with Gasteiger partial charge in [-0.1, -0.05) is 6.07 Å². The Hall–Kier alpha value is -2.44. The number of hydrogen-bond acceptors (Lipinski definition) is 5. The van der Waals surface area contributed by atoms with E-state index in [9.17, 15) is 9.59 Å². The summed E-state index contributed by atoms with van der Waals surface area (Å²) in [4.78, 5) is 22.1. The van der Waals surface area contributed by atoms with Crippen LogP contribution in [0.5, 0.6) is 11.5 Å². The number of carbonyl (C=O) groups excluding carboxylic acids is 2. The molecule has 1 aromatic rings. The SMILES string of the molecule is CC(C)(C)OC(=O)NCCOc1cccc(OCCCC(N)=O)c1. The Bertz CT molecular complexity index is 540. The fourth-order valence-corrected chi connectivity index (χ4v) is 1.73. The Morgan fingerprint density at radius 1 is 1.12 bits per heavy atom. The van der Waals surface area contributed by atoms with Crippen molar-refractivity contribution < 1.29 is 23.8 Å². The predicted octanol–water partition coefficient (Wildman–Crippen LogP) is 2.23. The van der Waals surface area contributed by atoms with E-state index in [1.807, 2.05) is 0 Å². The zero-order valence-electron chi connectivity index (χ0n) is 14.5. The number of carbonyl (C=O) groups is 2. The maximum Gasteiger partial charge on any atom is 0.407 e. The summed E-state index contributed by atoms with van der Waals surface area (Å²) in [5.74, 6) is 0.943. The summed E-state index contributed by atoms with van der Waals surface area (Å²) in [6.45, 7) is 6.46. The van der Waals surface area contributed by atoms with Crippen molar-refractivity contribution in [1.82, 2.24) is 5.32 Å². The number of amides is 2. The van der Waals surface area contributed by atoms with E-state index in [-0.39, 0.29) is 5.91 Å². The number of nitrogens with one attached hydrogen (secondary N) is 1. The third kappa shape index (κ3) is 9.55. The molecule has 0 radical (unpaired) electrons. The number of nitrogens with two attached hydrogens (primary N) is 1. The van der Waals surface area contributed by atoms with Crippen LogP contribution in [0.25, 0.3) is 0 Å². The first kappa shape index (κ1) is 19.6. The van der Waals surface area contributed by atoms with E-state index in [2.05, 4.69) is 5.32 Å². The van der Waals surface area contributed by atoms with E-state index >= 15 is 0 Å². The molecule has 24 heavy (non-hydrogen) atoms. The normalized spacial score (nSPS) is 10.8. The van der Waals surface area contributed by atoms with E-state index in [4.69, 9.17) is 19.9 Å². The first-order valence-electron chi connectivity index (χ1n) is 7.87. The van der Waals surface area contributed by atoms with E-state index < -0.39 is 11.7 Å². The zero-order valence-corrected chi connectivity index (χ0v) is 14.5. The maximum atomic E-state index is 11.5. The Kier molecular flexibility index (Phi) is 7.88. The Balaban J connectivity index is 2.27. The van der Waals surface area contributed by atoms with Gasteiger partial charge >= 0.3 is 6.09 Å². The number of alkyl carbamates (subject to hydrolysis) is 1. The fourth-order valence-electron chi connectivity index (χ4n) is 1.73. The minimum absolute atomic E-state index is 0.298. The van der Waals surface area contributed by atoms with Crippen LogP contribution in [0.3, 0.4) is 0 Å². The van der Waals surface area contributed by atoms with Gasteiger partial charge in [0.2, 0.25) is 5.91 Å². The second-order valence-electron chi connectivity index (χ2n) is 6.17. The summed E-state index contributed by atoms with van der Waals surface area (Å²) in [6.07, 6.45) is 0.393. The van der Waals surface area contributed by atoms with Gasteiger partial charge in [-0.25, -0.2) is 4.79 Å². The van der Waals surface area contributed by atoms with Crippen LogP contribution in [0.15, 0.2) is 24.3 Å². The minimum atomic E-state index is -0.523. The van der Waals surface area contributed by atoms with E-state index in [0.29, 0.717) is 44.1 Å². The highest BCUT2D eigenvalue weighted by Gasteiger charge is 2.15. The van der Waals surface area contributed by atoms with Gasteiger partial charge in [0, 0.05) is 12.5 Å². The lowest BCUT2D eigenvalue weighted by atomic mass is 10.2.